The zero-order valence-electron chi connectivity index (χ0n) is 8.33. The minimum absolute atomic E-state index is 0.0407. The van der Waals surface area contributed by atoms with Crippen molar-refractivity contribution in [2.75, 3.05) is 6.54 Å². The van der Waals surface area contributed by atoms with Crippen molar-refractivity contribution in [3.05, 3.63) is 0 Å². The average molecular weight is 187 g/mol. The minimum atomic E-state index is -0.885. The molecule has 0 saturated carbocycles. The molecule has 0 rings (SSSR count). The Kier molecular flexibility index (Phi) is 5.11. The summed E-state index contributed by atoms with van der Waals surface area (Å²) in [6, 6.07) is 0. The van der Waals surface area contributed by atoms with Gasteiger partial charge in [0.15, 0.2) is 0 Å². The van der Waals surface area contributed by atoms with Gasteiger partial charge in [0, 0.05) is 12.5 Å². The molecule has 0 spiro atoms. The highest BCUT2D eigenvalue weighted by molar-refractivity contribution is 5.79. The molecule has 1 amide bonds. The number of nitrogens with one attached hydrogen (secondary N) is 1. The first-order valence-electron chi connectivity index (χ1n) is 4.49. The van der Waals surface area contributed by atoms with Crippen LogP contribution < -0.4 is 5.32 Å². The Hall–Kier alpha value is -1.06. The van der Waals surface area contributed by atoms with Gasteiger partial charge >= 0.3 is 5.97 Å². The maximum absolute atomic E-state index is 11.2. The zero-order chi connectivity index (χ0) is 10.4. The van der Waals surface area contributed by atoms with Crippen LogP contribution in [-0.2, 0) is 9.59 Å². The average Bonchev–Trinajstić information content (AvgIpc) is 2.11. The first kappa shape index (κ1) is 11.9. The molecule has 0 heterocycles. The number of rotatable bonds is 5. The summed E-state index contributed by atoms with van der Waals surface area (Å²) in [6.07, 6.45) is 0.771. The number of carbonyl (C=O) groups excluding carboxylic acids is 1. The van der Waals surface area contributed by atoms with Crippen molar-refractivity contribution >= 4 is 11.9 Å². The molecule has 2 N–H and O–H groups in total. The summed E-state index contributed by atoms with van der Waals surface area (Å²) in [5.74, 6) is -1.52. The van der Waals surface area contributed by atoms with E-state index in [1.54, 1.807) is 6.92 Å². The molecule has 0 aromatic heterocycles. The Bertz CT molecular complexity index is 191. The van der Waals surface area contributed by atoms with Crippen LogP contribution in [-0.4, -0.2) is 23.5 Å². The van der Waals surface area contributed by atoms with Crippen LogP contribution >= 0.6 is 0 Å². The molecule has 0 bridgehead atoms. The van der Waals surface area contributed by atoms with Crippen LogP contribution in [0.25, 0.3) is 0 Å². The monoisotopic (exact) mass is 187 g/mol. The SMILES string of the molecule is CCC(C)C(=O)NCC(C)C(=O)O. The number of amides is 1. The number of carbonyl (C=O) groups is 2. The van der Waals surface area contributed by atoms with Gasteiger partial charge in [-0.3, -0.25) is 9.59 Å². The van der Waals surface area contributed by atoms with Gasteiger partial charge in [0.25, 0.3) is 0 Å². The van der Waals surface area contributed by atoms with Crippen molar-refractivity contribution in [3.8, 4) is 0 Å². The first-order valence-corrected chi connectivity index (χ1v) is 4.49. The van der Waals surface area contributed by atoms with Crippen LogP contribution in [0.4, 0.5) is 0 Å². The van der Waals surface area contributed by atoms with E-state index < -0.39 is 11.9 Å². The summed E-state index contributed by atoms with van der Waals surface area (Å²) < 4.78 is 0. The molecule has 0 aliphatic carbocycles. The lowest BCUT2D eigenvalue weighted by atomic mass is 10.1. The third kappa shape index (κ3) is 4.50. The molecule has 0 aromatic carbocycles. The van der Waals surface area contributed by atoms with Gasteiger partial charge in [-0.25, -0.2) is 0 Å². The molecule has 4 heteroatoms. The topological polar surface area (TPSA) is 66.4 Å². The van der Waals surface area contributed by atoms with E-state index >= 15 is 0 Å². The second-order valence-corrected chi connectivity index (χ2v) is 3.29. The molecule has 0 saturated heterocycles. The molecule has 0 fully saturated rings. The van der Waals surface area contributed by atoms with Crippen molar-refractivity contribution in [1.29, 1.82) is 0 Å². The summed E-state index contributed by atoms with van der Waals surface area (Å²) in [5, 5.41) is 11.1. The summed E-state index contributed by atoms with van der Waals surface area (Å²) in [5.41, 5.74) is 0. The summed E-state index contributed by atoms with van der Waals surface area (Å²) in [4.78, 5) is 21.6. The number of hydrogen-bond acceptors (Lipinski definition) is 2. The Morgan fingerprint density at radius 2 is 1.85 bits per heavy atom. The van der Waals surface area contributed by atoms with E-state index in [4.69, 9.17) is 5.11 Å². The van der Waals surface area contributed by atoms with Gasteiger partial charge in [-0.1, -0.05) is 20.8 Å². The fourth-order valence-corrected chi connectivity index (χ4v) is 0.701. The molecular formula is C9H17NO3. The molecule has 76 valence electrons. The van der Waals surface area contributed by atoms with Crippen molar-refractivity contribution in [2.24, 2.45) is 11.8 Å². The Balaban J connectivity index is 3.76. The Morgan fingerprint density at radius 3 is 2.23 bits per heavy atom. The largest absolute Gasteiger partial charge is 0.481 e. The Labute approximate surface area is 78.3 Å². The van der Waals surface area contributed by atoms with E-state index in [-0.39, 0.29) is 18.4 Å². The molecule has 0 aromatic rings. The predicted octanol–water partition coefficient (Wildman–Crippen LogP) is 0.869. The van der Waals surface area contributed by atoms with E-state index in [0.29, 0.717) is 0 Å². The van der Waals surface area contributed by atoms with Crippen LogP contribution in [0.15, 0.2) is 0 Å². The van der Waals surface area contributed by atoms with E-state index in [2.05, 4.69) is 5.32 Å². The van der Waals surface area contributed by atoms with Crippen LogP contribution in [0.3, 0.4) is 0 Å². The zero-order valence-corrected chi connectivity index (χ0v) is 8.33. The van der Waals surface area contributed by atoms with Gasteiger partial charge in [0.05, 0.1) is 5.92 Å². The molecule has 0 radical (unpaired) electrons. The highest BCUT2D eigenvalue weighted by Crippen LogP contribution is 2.00. The second-order valence-electron chi connectivity index (χ2n) is 3.29. The quantitative estimate of drug-likeness (QED) is 0.671. The van der Waals surface area contributed by atoms with Gasteiger partial charge in [-0.2, -0.15) is 0 Å². The molecule has 2 atom stereocenters. The third-order valence-electron chi connectivity index (χ3n) is 2.06. The molecule has 0 aliphatic rings. The predicted molar refractivity (Wildman–Crippen MR) is 49.3 cm³/mol. The molecule has 13 heavy (non-hydrogen) atoms. The van der Waals surface area contributed by atoms with Crippen molar-refractivity contribution in [1.82, 2.24) is 5.32 Å². The number of carboxylic acids is 1. The molecular weight excluding hydrogens is 170 g/mol. The van der Waals surface area contributed by atoms with Crippen LogP contribution in [0, 0.1) is 11.8 Å². The molecule has 0 aliphatic heterocycles. The smallest absolute Gasteiger partial charge is 0.308 e. The summed E-state index contributed by atoms with van der Waals surface area (Å²) >= 11 is 0. The van der Waals surface area contributed by atoms with E-state index in [0.717, 1.165) is 6.42 Å². The lowest BCUT2D eigenvalue weighted by Gasteiger charge is -2.11. The molecule has 2 unspecified atom stereocenters. The van der Waals surface area contributed by atoms with Gasteiger partial charge in [-0.15, -0.1) is 0 Å². The van der Waals surface area contributed by atoms with Gasteiger partial charge in [0.1, 0.15) is 0 Å². The highest BCUT2D eigenvalue weighted by atomic mass is 16.4. The number of hydrogen-bond donors (Lipinski definition) is 2. The third-order valence-corrected chi connectivity index (χ3v) is 2.06. The number of carboxylic acid groups (broad SMARTS) is 1. The van der Waals surface area contributed by atoms with Gasteiger partial charge in [0.2, 0.25) is 5.91 Å². The second kappa shape index (κ2) is 5.56. The van der Waals surface area contributed by atoms with Crippen LogP contribution in [0.2, 0.25) is 0 Å². The normalized spacial score (nSPS) is 14.7. The fraction of sp³-hybridized carbons (Fsp3) is 0.778. The maximum Gasteiger partial charge on any atom is 0.308 e. The van der Waals surface area contributed by atoms with Crippen LogP contribution in [0.5, 0.6) is 0 Å². The van der Waals surface area contributed by atoms with E-state index in [1.165, 1.54) is 0 Å². The first-order chi connectivity index (χ1) is 5.99. The minimum Gasteiger partial charge on any atom is -0.481 e. The summed E-state index contributed by atoms with van der Waals surface area (Å²) in [6.45, 7) is 5.52. The van der Waals surface area contributed by atoms with E-state index in [1.807, 2.05) is 13.8 Å². The lowest BCUT2D eigenvalue weighted by molar-refractivity contribution is -0.141. The van der Waals surface area contributed by atoms with Gasteiger partial charge in [-0.05, 0) is 6.42 Å². The summed E-state index contributed by atoms with van der Waals surface area (Å²) in [7, 11) is 0. The maximum atomic E-state index is 11.2. The van der Waals surface area contributed by atoms with Crippen molar-refractivity contribution in [2.45, 2.75) is 27.2 Å². The lowest BCUT2D eigenvalue weighted by Crippen LogP contribution is -2.34. The molecule has 4 nitrogen and oxygen atoms in total. The number of aliphatic carboxylic acids is 1. The fourth-order valence-electron chi connectivity index (χ4n) is 0.701. The van der Waals surface area contributed by atoms with Crippen LogP contribution in [0.1, 0.15) is 27.2 Å². The highest BCUT2D eigenvalue weighted by Gasteiger charge is 2.14. The van der Waals surface area contributed by atoms with Crippen molar-refractivity contribution in [3.63, 3.8) is 0 Å². The van der Waals surface area contributed by atoms with E-state index in [9.17, 15) is 9.59 Å². The van der Waals surface area contributed by atoms with Crippen molar-refractivity contribution < 1.29 is 14.7 Å². The van der Waals surface area contributed by atoms with Gasteiger partial charge < -0.3 is 10.4 Å². The Morgan fingerprint density at radius 1 is 1.31 bits per heavy atom. The standard InChI is InChI=1S/C9H17NO3/c1-4-6(2)8(11)10-5-7(3)9(12)13/h6-7H,4-5H2,1-3H3,(H,10,11)(H,12,13).